The van der Waals surface area contributed by atoms with E-state index in [2.05, 4.69) is 15.5 Å². The number of hydrogen-bond acceptors (Lipinski definition) is 5. The van der Waals surface area contributed by atoms with Gasteiger partial charge in [0.1, 0.15) is 0 Å². The summed E-state index contributed by atoms with van der Waals surface area (Å²) in [5.41, 5.74) is 2.68. The van der Waals surface area contributed by atoms with Crippen molar-refractivity contribution in [1.29, 1.82) is 0 Å². The number of furan rings is 1. The van der Waals surface area contributed by atoms with Crippen molar-refractivity contribution in [2.75, 3.05) is 36.4 Å². The maximum absolute atomic E-state index is 12.4. The van der Waals surface area contributed by atoms with E-state index in [1.165, 1.54) is 12.3 Å². The molecule has 174 valence electrons. The van der Waals surface area contributed by atoms with E-state index in [1.807, 2.05) is 36.4 Å². The predicted molar refractivity (Wildman–Crippen MR) is 138 cm³/mol. The smallest absolute Gasteiger partial charge is 0.289 e. The van der Waals surface area contributed by atoms with E-state index < -0.39 is 0 Å². The number of hydrogen-bond donors (Lipinski definition) is 2. The van der Waals surface area contributed by atoms with Gasteiger partial charge < -0.3 is 19.5 Å². The van der Waals surface area contributed by atoms with Crippen molar-refractivity contribution in [1.82, 2.24) is 10.2 Å². The fourth-order valence-electron chi connectivity index (χ4n) is 3.54. The van der Waals surface area contributed by atoms with Crippen LogP contribution in [0.5, 0.6) is 0 Å². The molecule has 34 heavy (non-hydrogen) atoms. The first-order valence-electron chi connectivity index (χ1n) is 10.7. The molecule has 1 aliphatic heterocycles. The van der Waals surface area contributed by atoms with Crippen LogP contribution in [0.25, 0.3) is 6.08 Å². The Balaban J connectivity index is 1.24. The molecule has 0 spiro atoms. The molecule has 2 aromatic carbocycles. The average Bonchev–Trinajstić information content (AvgIpc) is 3.39. The topological polar surface area (TPSA) is 77.8 Å². The minimum Gasteiger partial charge on any atom is -0.459 e. The molecule has 1 fully saturated rings. The molecule has 0 aliphatic carbocycles. The largest absolute Gasteiger partial charge is 0.459 e. The van der Waals surface area contributed by atoms with Gasteiger partial charge >= 0.3 is 0 Å². The zero-order valence-electron chi connectivity index (χ0n) is 18.2. The summed E-state index contributed by atoms with van der Waals surface area (Å²) in [6.45, 7) is 2.71. The standard InChI is InChI=1S/C25H23ClN4O3S/c26-19-6-3-18(4-7-19)5-12-23(31)28-25(34)27-20-8-10-21(11-9-20)29-13-15-30(16-14-29)24(32)22-2-1-17-33-22/h1-12,17H,13-16H2,(H2,27,28,31,34)/b12-5+. The van der Waals surface area contributed by atoms with Crippen molar-refractivity contribution in [3.8, 4) is 0 Å². The third-order valence-electron chi connectivity index (χ3n) is 5.32. The normalized spacial score (nSPS) is 13.7. The molecule has 9 heteroatoms. The number of carbonyl (C=O) groups excluding carboxylic acids is 2. The van der Waals surface area contributed by atoms with Gasteiger partial charge in [-0.1, -0.05) is 23.7 Å². The maximum atomic E-state index is 12.4. The van der Waals surface area contributed by atoms with E-state index in [4.69, 9.17) is 28.2 Å². The molecule has 1 aliphatic rings. The second-order valence-electron chi connectivity index (χ2n) is 7.63. The Morgan fingerprint density at radius 1 is 0.971 bits per heavy atom. The number of piperazine rings is 1. The Morgan fingerprint density at radius 2 is 1.68 bits per heavy atom. The summed E-state index contributed by atoms with van der Waals surface area (Å²) in [5.74, 6) is -0.0405. The molecular formula is C25H23ClN4O3S. The summed E-state index contributed by atoms with van der Waals surface area (Å²) in [6.07, 6.45) is 4.61. The third kappa shape index (κ3) is 6.24. The van der Waals surface area contributed by atoms with Crippen LogP contribution >= 0.6 is 23.8 Å². The van der Waals surface area contributed by atoms with Gasteiger partial charge in [0.25, 0.3) is 5.91 Å². The number of nitrogens with one attached hydrogen (secondary N) is 2. The van der Waals surface area contributed by atoms with Crippen molar-refractivity contribution in [2.45, 2.75) is 0 Å². The fraction of sp³-hybridized carbons (Fsp3) is 0.160. The molecule has 0 bridgehead atoms. The lowest BCUT2D eigenvalue weighted by Gasteiger charge is -2.35. The zero-order valence-corrected chi connectivity index (χ0v) is 19.8. The van der Waals surface area contributed by atoms with Crippen LogP contribution in [0.15, 0.2) is 77.4 Å². The number of nitrogens with zero attached hydrogens (tertiary/aromatic N) is 2. The van der Waals surface area contributed by atoms with Crippen LogP contribution in [0.2, 0.25) is 5.02 Å². The highest BCUT2D eigenvalue weighted by Crippen LogP contribution is 2.20. The molecule has 1 saturated heterocycles. The molecule has 0 radical (unpaired) electrons. The Morgan fingerprint density at radius 3 is 2.32 bits per heavy atom. The molecular weight excluding hydrogens is 472 g/mol. The molecule has 7 nitrogen and oxygen atoms in total. The highest BCUT2D eigenvalue weighted by Gasteiger charge is 2.23. The summed E-state index contributed by atoms with van der Waals surface area (Å²) >= 11 is 11.1. The number of amides is 2. The Labute approximate surface area is 208 Å². The molecule has 2 heterocycles. The number of halogens is 1. The Bertz CT molecular complexity index is 1170. The first-order valence-corrected chi connectivity index (χ1v) is 11.5. The molecule has 2 N–H and O–H groups in total. The van der Waals surface area contributed by atoms with Crippen molar-refractivity contribution >= 4 is 58.2 Å². The van der Waals surface area contributed by atoms with E-state index in [0.29, 0.717) is 23.9 Å². The quantitative estimate of drug-likeness (QED) is 0.404. The molecule has 3 aromatic rings. The van der Waals surface area contributed by atoms with Crippen molar-refractivity contribution in [3.05, 3.63) is 89.3 Å². The van der Waals surface area contributed by atoms with Gasteiger partial charge in [-0.05, 0) is 72.4 Å². The van der Waals surface area contributed by atoms with E-state index in [-0.39, 0.29) is 16.9 Å². The maximum Gasteiger partial charge on any atom is 0.289 e. The van der Waals surface area contributed by atoms with Gasteiger partial charge in [-0.3, -0.25) is 14.9 Å². The van der Waals surface area contributed by atoms with E-state index in [9.17, 15) is 9.59 Å². The summed E-state index contributed by atoms with van der Waals surface area (Å²) < 4.78 is 5.21. The molecule has 0 unspecified atom stereocenters. The fourth-order valence-corrected chi connectivity index (χ4v) is 3.89. The Hall–Kier alpha value is -3.62. The SMILES string of the molecule is O=C(/C=C/c1ccc(Cl)cc1)NC(=S)Nc1ccc(N2CCN(C(=O)c3ccco3)CC2)cc1. The van der Waals surface area contributed by atoms with E-state index >= 15 is 0 Å². The van der Waals surface area contributed by atoms with Crippen LogP contribution < -0.4 is 15.5 Å². The average molecular weight is 495 g/mol. The Kier molecular flexibility index (Phi) is 7.61. The van der Waals surface area contributed by atoms with Crippen LogP contribution in [-0.2, 0) is 4.79 Å². The van der Waals surface area contributed by atoms with Gasteiger partial charge in [0, 0.05) is 48.7 Å². The summed E-state index contributed by atoms with van der Waals surface area (Å²) in [5, 5.41) is 6.49. The van der Waals surface area contributed by atoms with E-state index in [1.54, 1.807) is 35.2 Å². The molecule has 0 atom stereocenters. The minimum absolute atomic E-state index is 0.0808. The number of carbonyl (C=O) groups is 2. The number of rotatable bonds is 5. The van der Waals surface area contributed by atoms with Gasteiger partial charge in [0.2, 0.25) is 5.91 Å². The second-order valence-corrected chi connectivity index (χ2v) is 8.48. The third-order valence-corrected chi connectivity index (χ3v) is 5.78. The summed E-state index contributed by atoms with van der Waals surface area (Å²) in [6, 6.07) is 18.3. The van der Waals surface area contributed by atoms with Gasteiger partial charge in [0.15, 0.2) is 10.9 Å². The summed E-state index contributed by atoms with van der Waals surface area (Å²) in [7, 11) is 0. The van der Waals surface area contributed by atoms with Crippen molar-refractivity contribution < 1.29 is 14.0 Å². The number of thiocarbonyl (C=S) groups is 1. The minimum atomic E-state index is -0.328. The molecule has 2 amide bonds. The van der Waals surface area contributed by atoms with Crippen LogP contribution in [0.3, 0.4) is 0 Å². The molecule has 1 aromatic heterocycles. The van der Waals surface area contributed by atoms with Crippen molar-refractivity contribution in [2.24, 2.45) is 0 Å². The monoisotopic (exact) mass is 494 g/mol. The van der Waals surface area contributed by atoms with Crippen LogP contribution in [0, 0.1) is 0 Å². The lowest BCUT2D eigenvalue weighted by molar-refractivity contribution is -0.115. The first-order chi connectivity index (χ1) is 16.5. The first kappa shape index (κ1) is 23.5. The van der Waals surface area contributed by atoms with Gasteiger partial charge in [-0.25, -0.2) is 0 Å². The number of benzene rings is 2. The highest BCUT2D eigenvalue weighted by molar-refractivity contribution is 7.80. The lowest BCUT2D eigenvalue weighted by Crippen LogP contribution is -2.48. The summed E-state index contributed by atoms with van der Waals surface area (Å²) in [4.78, 5) is 28.5. The van der Waals surface area contributed by atoms with Crippen LogP contribution in [0.1, 0.15) is 16.1 Å². The lowest BCUT2D eigenvalue weighted by atomic mass is 10.2. The van der Waals surface area contributed by atoms with E-state index in [0.717, 1.165) is 30.0 Å². The highest BCUT2D eigenvalue weighted by atomic mass is 35.5. The van der Waals surface area contributed by atoms with Crippen LogP contribution in [0.4, 0.5) is 11.4 Å². The second kappa shape index (κ2) is 11.0. The van der Waals surface area contributed by atoms with Crippen LogP contribution in [-0.4, -0.2) is 48.0 Å². The number of anilines is 2. The zero-order chi connectivity index (χ0) is 23.9. The van der Waals surface area contributed by atoms with Crippen molar-refractivity contribution in [3.63, 3.8) is 0 Å². The predicted octanol–water partition coefficient (Wildman–Crippen LogP) is 4.42. The van der Waals surface area contributed by atoms with Gasteiger partial charge in [-0.2, -0.15) is 0 Å². The molecule has 0 saturated carbocycles. The van der Waals surface area contributed by atoms with Gasteiger partial charge in [-0.15, -0.1) is 0 Å². The van der Waals surface area contributed by atoms with Gasteiger partial charge in [0.05, 0.1) is 6.26 Å². The molecule has 4 rings (SSSR count).